The Labute approximate surface area is 196 Å². The van der Waals surface area contributed by atoms with Gasteiger partial charge in [-0.1, -0.05) is 42.1 Å². The van der Waals surface area contributed by atoms with Crippen LogP contribution in [0.15, 0.2) is 35.5 Å². The number of rotatable bonds is 7. The van der Waals surface area contributed by atoms with Gasteiger partial charge in [0.05, 0.1) is 6.54 Å². The van der Waals surface area contributed by atoms with Crippen LogP contribution in [-0.4, -0.2) is 69.5 Å². The first-order chi connectivity index (χ1) is 15.5. The summed E-state index contributed by atoms with van der Waals surface area (Å²) < 4.78 is 2.28. The van der Waals surface area contributed by atoms with Crippen LogP contribution < -0.4 is 0 Å². The molecular formula is C25H37N5OS. The van der Waals surface area contributed by atoms with Gasteiger partial charge in [-0.05, 0) is 70.2 Å². The van der Waals surface area contributed by atoms with Crippen molar-refractivity contribution >= 4 is 17.7 Å². The molecular weight excluding hydrogens is 418 g/mol. The highest BCUT2D eigenvalue weighted by atomic mass is 32.2. The van der Waals surface area contributed by atoms with Crippen LogP contribution in [0, 0.1) is 5.92 Å². The number of nitrogens with zero attached hydrogens (tertiary/aromatic N) is 5. The molecule has 1 aromatic heterocycles. The summed E-state index contributed by atoms with van der Waals surface area (Å²) in [7, 11) is 0. The van der Waals surface area contributed by atoms with Crippen molar-refractivity contribution in [1.82, 2.24) is 24.6 Å². The third-order valence-corrected chi connectivity index (χ3v) is 7.60. The van der Waals surface area contributed by atoms with Crippen LogP contribution in [0.4, 0.5) is 0 Å². The SMILES string of the molecule is CSc1nnc([C@@H]2CCCN(CC(=O)N3CCC(Cc4ccccc4)CC3)C2)n1C(C)C. The number of piperidine rings is 2. The van der Waals surface area contributed by atoms with E-state index < -0.39 is 0 Å². The summed E-state index contributed by atoms with van der Waals surface area (Å²) in [6, 6.07) is 11.1. The second-order valence-electron chi connectivity index (χ2n) is 9.60. The molecule has 3 heterocycles. The molecule has 0 aliphatic carbocycles. The first-order valence-corrected chi connectivity index (χ1v) is 13.3. The Kier molecular flexibility index (Phi) is 7.89. The van der Waals surface area contributed by atoms with E-state index in [-0.39, 0.29) is 0 Å². The van der Waals surface area contributed by atoms with E-state index in [0.717, 1.165) is 69.3 Å². The summed E-state index contributed by atoms with van der Waals surface area (Å²) in [5.74, 6) is 2.42. The van der Waals surface area contributed by atoms with Gasteiger partial charge in [-0.3, -0.25) is 9.69 Å². The van der Waals surface area contributed by atoms with E-state index in [0.29, 0.717) is 30.3 Å². The van der Waals surface area contributed by atoms with Gasteiger partial charge in [0, 0.05) is 31.6 Å². The third-order valence-electron chi connectivity index (χ3n) is 6.95. The van der Waals surface area contributed by atoms with Gasteiger partial charge in [-0.2, -0.15) is 0 Å². The summed E-state index contributed by atoms with van der Waals surface area (Å²) >= 11 is 1.65. The Morgan fingerprint density at radius 1 is 1.09 bits per heavy atom. The molecule has 0 spiro atoms. The van der Waals surface area contributed by atoms with Gasteiger partial charge in [-0.25, -0.2) is 0 Å². The van der Waals surface area contributed by atoms with Gasteiger partial charge in [0.1, 0.15) is 5.82 Å². The lowest BCUT2D eigenvalue weighted by atomic mass is 9.90. The standard InChI is InChI=1S/C25H37N5OS/c1-19(2)30-24(26-27-25(30)32-3)22-10-7-13-28(17-22)18-23(31)29-14-11-21(12-15-29)16-20-8-5-4-6-9-20/h4-6,8-9,19,21-22H,7,10-18H2,1-3H3/t22-/m1/s1. The molecule has 32 heavy (non-hydrogen) atoms. The minimum absolute atomic E-state index is 0.291. The first kappa shape index (κ1) is 23.3. The van der Waals surface area contributed by atoms with Crippen LogP contribution in [0.3, 0.4) is 0 Å². The lowest BCUT2D eigenvalue weighted by Crippen LogP contribution is -2.46. The van der Waals surface area contributed by atoms with Gasteiger partial charge < -0.3 is 9.47 Å². The van der Waals surface area contributed by atoms with Crippen LogP contribution in [0.1, 0.15) is 62.9 Å². The van der Waals surface area contributed by atoms with Crippen LogP contribution in [0.2, 0.25) is 0 Å². The number of aromatic nitrogens is 3. The van der Waals surface area contributed by atoms with E-state index in [2.05, 4.69) is 75.0 Å². The Balaban J connectivity index is 1.29. The fraction of sp³-hybridized carbons (Fsp3) is 0.640. The van der Waals surface area contributed by atoms with Gasteiger partial charge in [0.25, 0.3) is 0 Å². The van der Waals surface area contributed by atoms with E-state index in [4.69, 9.17) is 0 Å². The molecule has 1 atom stereocenters. The highest BCUT2D eigenvalue weighted by molar-refractivity contribution is 7.98. The summed E-state index contributed by atoms with van der Waals surface area (Å²) in [5.41, 5.74) is 1.41. The zero-order chi connectivity index (χ0) is 22.5. The molecule has 0 saturated carbocycles. The Hall–Kier alpha value is -1.86. The number of hydrogen-bond acceptors (Lipinski definition) is 5. The van der Waals surface area contributed by atoms with Crippen molar-refractivity contribution in [3.8, 4) is 0 Å². The number of likely N-dealkylation sites (tertiary alicyclic amines) is 2. The maximum absolute atomic E-state index is 13.0. The van der Waals surface area contributed by atoms with E-state index in [1.807, 2.05) is 0 Å². The lowest BCUT2D eigenvalue weighted by Gasteiger charge is -2.36. The van der Waals surface area contributed by atoms with Crippen molar-refractivity contribution in [2.45, 2.75) is 63.1 Å². The van der Waals surface area contributed by atoms with Crippen molar-refractivity contribution < 1.29 is 4.79 Å². The van der Waals surface area contributed by atoms with Crippen LogP contribution >= 0.6 is 11.8 Å². The Bertz CT molecular complexity index is 876. The molecule has 1 amide bonds. The quantitative estimate of drug-likeness (QED) is 0.585. The van der Waals surface area contributed by atoms with Gasteiger partial charge >= 0.3 is 0 Å². The van der Waals surface area contributed by atoms with Gasteiger partial charge in [0.15, 0.2) is 5.16 Å². The van der Waals surface area contributed by atoms with Crippen LogP contribution in [0.5, 0.6) is 0 Å². The zero-order valence-electron chi connectivity index (χ0n) is 19.7. The van der Waals surface area contributed by atoms with E-state index in [1.165, 1.54) is 5.56 Å². The van der Waals surface area contributed by atoms with Gasteiger partial charge in [-0.15, -0.1) is 10.2 Å². The molecule has 1 aromatic carbocycles. The molecule has 7 heteroatoms. The van der Waals surface area contributed by atoms with Gasteiger partial charge in [0.2, 0.25) is 5.91 Å². The van der Waals surface area contributed by atoms with E-state index in [1.54, 1.807) is 11.8 Å². The molecule has 174 valence electrons. The average Bonchev–Trinajstić information content (AvgIpc) is 3.25. The van der Waals surface area contributed by atoms with Crippen molar-refractivity contribution in [3.05, 3.63) is 41.7 Å². The Morgan fingerprint density at radius 3 is 2.53 bits per heavy atom. The predicted octanol–water partition coefficient (Wildman–Crippen LogP) is 4.24. The fourth-order valence-corrected chi connectivity index (χ4v) is 5.85. The van der Waals surface area contributed by atoms with Crippen LogP contribution in [0.25, 0.3) is 0 Å². The Morgan fingerprint density at radius 2 is 1.84 bits per heavy atom. The molecule has 0 radical (unpaired) electrons. The summed E-state index contributed by atoms with van der Waals surface area (Å²) in [6.45, 7) is 8.60. The zero-order valence-corrected chi connectivity index (χ0v) is 20.6. The van der Waals surface area contributed by atoms with E-state index in [9.17, 15) is 4.79 Å². The number of amides is 1. The molecule has 0 unspecified atom stereocenters. The highest BCUT2D eigenvalue weighted by Gasteiger charge is 2.30. The smallest absolute Gasteiger partial charge is 0.236 e. The first-order valence-electron chi connectivity index (χ1n) is 12.1. The topological polar surface area (TPSA) is 54.3 Å². The molecule has 0 bridgehead atoms. The van der Waals surface area contributed by atoms with Crippen LogP contribution in [-0.2, 0) is 11.2 Å². The molecule has 2 aromatic rings. The largest absolute Gasteiger partial charge is 0.342 e. The highest BCUT2D eigenvalue weighted by Crippen LogP contribution is 2.30. The lowest BCUT2D eigenvalue weighted by molar-refractivity contribution is -0.134. The predicted molar refractivity (Wildman–Crippen MR) is 130 cm³/mol. The maximum atomic E-state index is 13.0. The second-order valence-corrected chi connectivity index (χ2v) is 10.4. The summed E-state index contributed by atoms with van der Waals surface area (Å²) in [5, 5.41) is 9.95. The molecule has 2 saturated heterocycles. The molecule has 2 fully saturated rings. The number of carbonyl (C=O) groups excluding carboxylic acids is 1. The molecule has 4 rings (SSSR count). The minimum Gasteiger partial charge on any atom is -0.342 e. The minimum atomic E-state index is 0.291. The second kappa shape index (κ2) is 10.8. The monoisotopic (exact) mass is 455 g/mol. The van der Waals surface area contributed by atoms with Crippen molar-refractivity contribution in [1.29, 1.82) is 0 Å². The van der Waals surface area contributed by atoms with E-state index >= 15 is 0 Å². The summed E-state index contributed by atoms with van der Waals surface area (Å²) in [4.78, 5) is 17.5. The number of carbonyl (C=O) groups is 1. The number of benzene rings is 1. The molecule has 2 aliphatic heterocycles. The molecule has 6 nitrogen and oxygen atoms in total. The summed E-state index contributed by atoms with van der Waals surface area (Å²) in [6.07, 6.45) is 7.63. The number of thioether (sulfide) groups is 1. The maximum Gasteiger partial charge on any atom is 0.236 e. The third kappa shape index (κ3) is 5.54. The average molecular weight is 456 g/mol. The fourth-order valence-electron chi connectivity index (χ4n) is 5.23. The van der Waals surface area contributed by atoms with Crippen molar-refractivity contribution in [3.63, 3.8) is 0 Å². The van der Waals surface area contributed by atoms with Crippen molar-refractivity contribution in [2.24, 2.45) is 5.92 Å². The molecule has 0 N–H and O–H groups in total. The van der Waals surface area contributed by atoms with Crippen molar-refractivity contribution in [2.75, 3.05) is 39.0 Å². The number of hydrogen-bond donors (Lipinski definition) is 0. The normalized spacial score (nSPS) is 20.8. The molecule has 2 aliphatic rings.